The molecule has 32 heavy (non-hydrogen) atoms. The van der Waals surface area contributed by atoms with Crippen molar-refractivity contribution in [1.82, 2.24) is 15.2 Å². The minimum absolute atomic E-state index is 0.0125. The molecule has 10 heteroatoms. The molecule has 1 aromatic carbocycles. The lowest BCUT2D eigenvalue weighted by atomic mass is 9.95. The van der Waals surface area contributed by atoms with Crippen LogP contribution in [0.1, 0.15) is 27.4 Å². The minimum atomic E-state index is -1.51. The van der Waals surface area contributed by atoms with Crippen LogP contribution in [0.2, 0.25) is 0 Å². The Labute approximate surface area is 197 Å². The van der Waals surface area contributed by atoms with E-state index in [1.165, 1.54) is 25.2 Å². The summed E-state index contributed by atoms with van der Waals surface area (Å²) >= 11 is 2.14. The van der Waals surface area contributed by atoms with E-state index in [0.29, 0.717) is 16.5 Å². The highest BCUT2D eigenvalue weighted by molar-refractivity contribution is 14.1. The van der Waals surface area contributed by atoms with Gasteiger partial charge in [0.25, 0.3) is 5.91 Å². The number of carbonyl (C=O) groups is 2. The summed E-state index contributed by atoms with van der Waals surface area (Å²) < 4.78 is 31.8. The van der Waals surface area contributed by atoms with Crippen LogP contribution < -0.4 is 10.1 Å². The molecule has 2 aromatic heterocycles. The van der Waals surface area contributed by atoms with Crippen LogP contribution in [0.5, 0.6) is 5.75 Å². The molecule has 8 nitrogen and oxygen atoms in total. The number of hydrogen-bond donors (Lipinski definition) is 1. The van der Waals surface area contributed by atoms with Crippen molar-refractivity contribution in [2.24, 2.45) is 0 Å². The van der Waals surface area contributed by atoms with E-state index in [0.717, 1.165) is 9.26 Å². The van der Waals surface area contributed by atoms with Gasteiger partial charge in [-0.05, 0) is 54.3 Å². The van der Waals surface area contributed by atoms with Crippen LogP contribution in [-0.4, -0.2) is 49.6 Å². The first-order valence-electron chi connectivity index (χ1n) is 9.74. The standard InChI is InChI=1S/C22H21FIN3O5/c1-11-18(24)19-13(8-26-11)7-15(32-19)22(25-2,21(29)31-4)10-27-9-12-5-6-14(30-3)17(23)16(12)20(27)28/h5-8,25H,9-10H2,1-4H3/t22-/m0/s1. The maximum atomic E-state index is 14.8. The molecule has 3 aromatic rings. The van der Waals surface area contributed by atoms with Gasteiger partial charge in [0, 0.05) is 18.1 Å². The van der Waals surface area contributed by atoms with Crippen LogP contribution >= 0.6 is 22.6 Å². The fraction of sp³-hybridized carbons (Fsp3) is 0.318. The second-order valence-electron chi connectivity index (χ2n) is 7.48. The van der Waals surface area contributed by atoms with Crippen molar-refractivity contribution in [3.63, 3.8) is 0 Å². The Bertz CT molecular complexity index is 1240. The maximum Gasteiger partial charge on any atom is 0.335 e. The molecule has 4 rings (SSSR count). The third kappa shape index (κ3) is 3.32. The number of aryl methyl sites for hydroxylation is 1. The number of amides is 1. The van der Waals surface area contributed by atoms with Gasteiger partial charge in [0.2, 0.25) is 0 Å². The van der Waals surface area contributed by atoms with Gasteiger partial charge in [-0.1, -0.05) is 6.07 Å². The van der Waals surface area contributed by atoms with Crippen LogP contribution in [0.15, 0.2) is 28.8 Å². The van der Waals surface area contributed by atoms with Gasteiger partial charge in [-0.15, -0.1) is 0 Å². The van der Waals surface area contributed by atoms with E-state index in [9.17, 15) is 14.0 Å². The summed E-state index contributed by atoms with van der Waals surface area (Å²) in [5, 5.41) is 3.70. The van der Waals surface area contributed by atoms with Crippen molar-refractivity contribution < 1.29 is 27.9 Å². The molecule has 0 saturated carbocycles. The Morgan fingerprint density at radius 1 is 1.41 bits per heavy atom. The van der Waals surface area contributed by atoms with Gasteiger partial charge < -0.3 is 18.8 Å². The number of carbonyl (C=O) groups excluding carboxylic acids is 2. The van der Waals surface area contributed by atoms with E-state index >= 15 is 0 Å². The molecule has 0 fully saturated rings. The highest BCUT2D eigenvalue weighted by atomic mass is 127. The van der Waals surface area contributed by atoms with Crippen LogP contribution in [0.3, 0.4) is 0 Å². The third-order valence-corrected chi connectivity index (χ3v) is 7.03. The minimum Gasteiger partial charge on any atom is -0.494 e. The molecule has 0 saturated heterocycles. The number of methoxy groups -OCH3 is 2. The molecule has 1 aliphatic heterocycles. The van der Waals surface area contributed by atoms with Gasteiger partial charge in [0.05, 0.1) is 35.6 Å². The Hall–Kier alpha value is -2.73. The molecule has 0 radical (unpaired) electrons. The Morgan fingerprint density at radius 3 is 2.81 bits per heavy atom. The average molecular weight is 553 g/mol. The van der Waals surface area contributed by atoms with Crippen molar-refractivity contribution in [3.8, 4) is 5.75 Å². The van der Waals surface area contributed by atoms with Crippen molar-refractivity contribution >= 4 is 45.4 Å². The summed E-state index contributed by atoms with van der Waals surface area (Å²) in [6.07, 6.45) is 1.66. The van der Waals surface area contributed by atoms with Crippen LogP contribution in [0, 0.1) is 16.3 Å². The molecule has 1 atom stereocenters. The molecular weight excluding hydrogens is 532 g/mol. The first-order valence-corrected chi connectivity index (χ1v) is 10.8. The first-order chi connectivity index (χ1) is 15.3. The summed E-state index contributed by atoms with van der Waals surface area (Å²) in [6.45, 7) is 1.86. The molecule has 1 N–H and O–H groups in total. The number of halogens is 2. The first kappa shape index (κ1) is 22.5. The second-order valence-corrected chi connectivity index (χ2v) is 8.56. The van der Waals surface area contributed by atoms with Gasteiger partial charge in [-0.25, -0.2) is 9.18 Å². The molecule has 1 aliphatic rings. The molecule has 0 unspecified atom stereocenters. The van der Waals surface area contributed by atoms with E-state index in [4.69, 9.17) is 13.9 Å². The van der Waals surface area contributed by atoms with Crippen molar-refractivity contribution in [1.29, 1.82) is 0 Å². The molecule has 3 heterocycles. The summed E-state index contributed by atoms with van der Waals surface area (Å²) in [5.74, 6) is -1.63. The largest absolute Gasteiger partial charge is 0.494 e. The summed E-state index contributed by atoms with van der Waals surface area (Å²) in [7, 11) is 4.18. The fourth-order valence-corrected chi connectivity index (χ4v) is 4.52. The third-order valence-electron chi connectivity index (χ3n) is 5.76. The number of nitrogens with zero attached hydrogens (tertiary/aromatic N) is 2. The van der Waals surface area contributed by atoms with E-state index in [2.05, 4.69) is 32.9 Å². The smallest absolute Gasteiger partial charge is 0.335 e. The number of likely N-dealkylation sites (N-methyl/N-ethyl adjacent to an activating group) is 1. The predicted molar refractivity (Wildman–Crippen MR) is 122 cm³/mol. The maximum absolute atomic E-state index is 14.8. The number of pyridine rings is 1. The molecule has 0 bridgehead atoms. The van der Waals surface area contributed by atoms with E-state index in [-0.39, 0.29) is 30.2 Å². The van der Waals surface area contributed by atoms with E-state index in [1.54, 1.807) is 25.4 Å². The number of ether oxygens (including phenoxy) is 2. The van der Waals surface area contributed by atoms with Crippen molar-refractivity contribution in [2.75, 3.05) is 27.8 Å². The Morgan fingerprint density at radius 2 is 2.16 bits per heavy atom. The second kappa shape index (κ2) is 8.32. The molecule has 0 aliphatic carbocycles. The topological polar surface area (TPSA) is 93.9 Å². The number of aromatic nitrogens is 1. The predicted octanol–water partition coefficient (Wildman–Crippen LogP) is 3.13. The molecule has 168 valence electrons. The SMILES string of the molecule is CN[C@](CN1Cc2ccc(OC)c(F)c2C1=O)(C(=O)OC)c1cc2cnc(C)c(I)c2o1. The number of rotatable bonds is 6. The average Bonchev–Trinajstić information content (AvgIpc) is 3.36. The normalized spacial score (nSPS) is 15.1. The molecule has 1 amide bonds. The summed E-state index contributed by atoms with van der Waals surface area (Å²) in [4.78, 5) is 31.9. The van der Waals surface area contributed by atoms with E-state index in [1.807, 2.05) is 6.92 Å². The quantitative estimate of drug-likeness (QED) is 0.371. The monoisotopic (exact) mass is 553 g/mol. The van der Waals surface area contributed by atoms with Gasteiger partial charge >= 0.3 is 5.97 Å². The van der Waals surface area contributed by atoms with Crippen molar-refractivity contribution in [3.05, 3.63) is 56.4 Å². The van der Waals surface area contributed by atoms with Crippen molar-refractivity contribution in [2.45, 2.75) is 19.0 Å². The summed E-state index contributed by atoms with van der Waals surface area (Å²) in [6, 6.07) is 4.83. The van der Waals surface area contributed by atoms with Crippen LogP contribution in [-0.2, 0) is 21.6 Å². The number of hydrogen-bond acceptors (Lipinski definition) is 7. The highest BCUT2D eigenvalue weighted by Gasteiger charge is 2.48. The number of esters is 1. The lowest BCUT2D eigenvalue weighted by molar-refractivity contribution is -0.150. The fourth-order valence-electron chi connectivity index (χ4n) is 3.96. The zero-order chi connectivity index (χ0) is 23.2. The molecular formula is C22H21FIN3O5. The van der Waals surface area contributed by atoms with Crippen LogP contribution in [0.4, 0.5) is 4.39 Å². The zero-order valence-electron chi connectivity index (χ0n) is 17.9. The lowest BCUT2D eigenvalue weighted by Gasteiger charge is -2.32. The van der Waals surface area contributed by atoms with E-state index < -0.39 is 23.2 Å². The van der Waals surface area contributed by atoms with Gasteiger partial charge in [-0.2, -0.15) is 0 Å². The Balaban J connectivity index is 1.78. The highest BCUT2D eigenvalue weighted by Crippen LogP contribution is 2.36. The zero-order valence-corrected chi connectivity index (χ0v) is 20.1. The lowest BCUT2D eigenvalue weighted by Crippen LogP contribution is -2.55. The number of furan rings is 1. The van der Waals surface area contributed by atoms with Gasteiger partial charge in [-0.3, -0.25) is 15.1 Å². The van der Waals surface area contributed by atoms with Crippen LogP contribution in [0.25, 0.3) is 11.0 Å². The number of fused-ring (bicyclic) bond motifs is 2. The number of benzene rings is 1. The van der Waals surface area contributed by atoms with Gasteiger partial charge in [0.15, 0.2) is 22.7 Å². The van der Waals surface area contributed by atoms with Gasteiger partial charge in [0.1, 0.15) is 5.76 Å². The number of nitrogens with one attached hydrogen (secondary N) is 1. The Kier molecular flexibility index (Phi) is 5.84. The summed E-state index contributed by atoms with van der Waals surface area (Å²) in [5.41, 5.74) is 0.328. The molecule has 0 spiro atoms.